The van der Waals surface area contributed by atoms with Crippen LogP contribution in [0.4, 0.5) is 5.69 Å². The van der Waals surface area contributed by atoms with Crippen LogP contribution < -0.4 is 9.64 Å². The Labute approximate surface area is 188 Å². The Morgan fingerprint density at radius 3 is 3.06 bits per heavy atom. The highest BCUT2D eigenvalue weighted by molar-refractivity contribution is 5.95. The number of rotatable bonds is 4. The summed E-state index contributed by atoms with van der Waals surface area (Å²) in [4.78, 5) is 22.8. The fourth-order valence-electron chi connectivity index (χ4n) is 5.65. The number of nitrogens with zero attached hydrogens (tertiary/aromatic N) is 4. The third kappa shape index (κ3) is 2.78. The van der Waals surface area contributed by atoms with Crippen LogP contribution in [-0.2, 0) is 12.0 Å². The molecule has 1 aromatic carbocycles. The van der Waals surface area contributed by atoms with Crippen LogP contribution in [0.3, 0.4) is 0 Å². The Bertz CT molecular complexity index is 1190. The van der Waals surface area contributed by atoms with Crippen molar-refractivity contribution in [3.63, 3.8) is 0 Å². The summed E-state index contributed by atoms with van der Waals surface area (Å²) < 4.78 is 7.84. The number of carbonyl (C=O) groups is 1. The number of likely N-dealkylation sites (tertiary alicyclic amines) is 1. The molecule has 3 aliphatic rings. The molecule has 5 heterocycles. The summed E-state index contributed by atoms with van der Waals surface area (Å²) in [6.45, 7) is 5.32. The number of hydrogen-bond acceptors (Lipinski definition) is 4. The van der Waals surface area contributed by atoms with E-state index in [0.29, 0.717) is 13.2 Å². The van der Waals surface area contributed by atoms with E-state index in [4.69, 9.17) is 9.72 Å². The van der Waals surface area contributed by atoms with Crippen molar-refractivity contribution in [1.82, 2.24) is 14.5 Å². The van der Waals surface area contributed by atoms with Gasteiger partial charge in [-0.15, -0.1) is 0 Å². The van der Waals surface area contributed by atoms with E-state index in [-0.39, 0.29) is 11.4 Å². The molecule has 1 spiro atoms. The molecule has 1 saturated heterocycles. The molecule has 1 fully saturated rings. The van der Waals surface area contributed by atoms with Crippen molar-refractivity contribution in [2.75, 3.05) is 31.1 Å². The fraction of sp³-hybridized carbons (Fsp3) is 0.385. The molecule has 3 aromatic rings. The highest BCUT2D eigenvalue weighted by Gasteiger charge is 2.50. The van der Waals surface area contributed by atoms with Gasteiger partial charge in [-0.1, -0.05) is 13.3 Å². The summed E-state index contributed by atoms with van der Waals surface area (Å²) >= 11 is 0. The Kier molecular flexibility index (Phi) is 4.49. The molecule has 32 heavy (non-hydrogen) atoms. The van der Waals surface area contributed by atoms with Gasteiger partial charge in [-0.05, 0) is 60.9 Å². The molecule has 1 amide bonds. The quantitative estimate of drug-likeness (QED) is 0.626. The minimum atomic E-state index is -0.232. The summed E-state index contributed by atoms with van der Waals surface area (Å²) in [6, 6.07) is 14.4. The molecule has 2 aromatic heterocycles. The van der Waals surface area contributed by atoms with E-state index in [1.165, 1.54) is 5.69 Å². The second kappa shape index (κ2) is 7.40. The van der Waals surface area contributed by atoms with Crippen molar-refractivity contribution in [3.8, 4) is 11.6 Å². The van der Waals surface area contributed by atoms with Gasteiger partial charge in [0.25, 0.3) is 5.91 Å². The molecule has 0 bridgehead atoms. The van der Waals surface area contributed by atoms with Crippen LogP contribution in [0.5, 0.6) is 5.75 Å². The van der Waals surface area contributed by atoms with Crippen LogP contribution in [-0.4, -0.2) is 46.6 Å². The van der Waals surface area contributed by atoms with Gasteiger partial charge in [0.05, 0.1) is 18.0 Å². The normalized spacial score (nSPS) is 20.8. The first-order valence-electron chi connectivity index (χ1n) is 11.7. The van der Waals surface area contributed by atoms with Crippen LogP contribution >= 0.6 is 0 Å². The standard InChI is InChI=1S/C26H28N4O2/c1-2-3-14-30-21-6-4-12-27-24(21)29-13-5-7-23(29)26(30)11-15-28(18-26)25(31)20-8-9-22-19(17-20)10-16-32-22/h4-9,12-13,17H,2-3,10-11,14-16,18H2,1H3/t26-/m1/s1. The van der Waals surface area contributed by atoms with Crippen molar-refractivity contribution >= 4 is 11.6 Å². The second-order valence-corrected chi connectivity index (χ2v) is 9.04. The molecule has 0 radical (unpaired) electrons. The topological polar surface area (TPSA) is 50.6 Å². The van der Waals surface area contributed by atoms with Gasteiger partial charge >= 0.3 is 0 Å². The molecular weight excluding hydrogens is 400 g/mol. The molecule has 0 N–H and O–H groups in total. The molecule has 0 unspecified atom stereocenters. The van der Waals surface area contributed by atoms with Crippen molar-refractivity contribution in [1.29, 1.82) is 0 Å². The average molecular weight is 429 g/mol. The lowest BCUT2D eigenvalue weighted by Crippen LogP contribution is -2.53. The molecule has 3 aliphatic heterocycles. The molecular formula is C26H28N4O2. The van der Waals surface area contributed by atoms with Gasteiger partial charge in [0.1, 0.15) is 11.3 Å². The fourth-order valence-corrected chi connectivity index (χ4v) is 5.65. The van der Waals surface area contributed by atoms with Gasteiger partial charge in [-0.2, -0.15) is 0 Å². The van der Waals surface area contributed by atoms with E-state index in [2.05, 4.69) is 40.8 Å². The number of benzene rings is 1. The Morgan fingerprint density at radius 2 is 2.16 bits per heavy atom. The van der Waals surface area contributed by atoms with Crippen molar-refractivity contribution in [2.45, 2.75) is 38.1 Å². The van der Waals surface area contributed by atoms with E-state index < -0.39 is 0 Å². The van der Waals surface area contributed by atoms with E-state index in [0.717, 1.165) is 67.2 Å². The molecule has 164 valence electrons. The number of fused-ring (bicyclic) bond motifs is 5. The van der Waals surface area contributed by atoms with Gasteiger partial charge in [0.2, 0.25) is 0 Å². The van der Waals surface area contributed by atoms with Gasteiger partial charge in [0.15, 0.2) is 5.82 Å². The van der Waals surface area contributed by atoms with Crippen molar-refractivity contribution in [3.05, 3.63) is 71.7 Å². The minimum absolute atomic E-state index is 0.113. The maximum atomic E-state index is 13.5. The van der Waals surface area contributed by atoms with E-state index >= 15 is 0 Å². The molecule has 0 saturated carbocycles. The van der Waals surface area contributed by atoms with Gasteiger partial charge in [-0.3, -0.25) is 4.79 Å². The number of hydrogen-bond donors (Lipinski definition) is 0. The number of aromatic nitrogens is 2. The van der Waals surface area contributed by atoms with E-state index in [9.17, 15) is 4.79 Å². The third-order valence-electron chi connectivity index (χ3n) is 7.23. The predicted octanol–water partition coefficient (Wildman–Crippen LogP) is 4.17. The minimum Gasteiger partial charge on any atom is -0.493 e. The first-order chi connectivity index (χ1) is 15.7. The molecule has 6 rings (SSSR count). The Hall–Kier alpha value is -3.28. The highest BCUT2D eigenvalue weighted by atomic mass is 16.5. The van der Waals surface area contributed by atoms with Crippen LogP contribution in [0.15, 0.2) is 54.9 Å². The SMILES string of the molecule is CCCCN1c2cccnc2-n2cccc2[C@]12CCN(C(=O)c1ccc3c(c1)CCO3)C2. The van der Waals surface area contributed by atoms with Crippen LogP contribution in [0.1, 0.15) is 47.8 Å². The lowest BCUT2D eigenvalue weighted by molar-refractivity contribution is 0.0782. The lowest BCUT2D eigenvalue weighted by atomic mass is 9.88. The van der Waals surface area contributed by atoms with Crippen LogP contribution in [0, 0.1) is 0 Å². The Morgan fingerprint density at radius 1 is 1.22 bits per heavy atom. The maximum absolute atomic E-state index is 13.5. The summed E-state index contributed by atoms with van der Waals surface area (Å²) in [5.41, 5.74) is 4.07. The molecule has 6 heteroatoms. The zero-order valence-corrected chi connectivity index (χ0v) is 18.5. The van der Waals surface area contributed by atoms with Crippen LogP contribution in [0.25, 0.3) is 5.82 Å². The largest absolute Gasteiger partial charge is 0.493 e. The van der Waals surface area contributed by atoms with Gasteiger partial charge in [-0.25, -0.2) is 4.98 Å². The van der Waals surface area contributed by atoms with Gasteiger partial charge in [0, 0.05) is 44.0 Å². The summed E-state index contributed by atoms with van der Waals surface area (Å²) in [6.07, 6.45) is 7.99. The van der Waals surface area contributed by atoms with Crippen molar-refractivity contribution in [2.24, 2.45) is 0 Å². The number of carbonyl (C=O) groups excluding carboxylic acids is 1. The van der Waals surface area contributed by atoms with E-state index in [1.54, 1.807) is 0 Å². The monoisotopic (exact) mass is 428 g/mol. The Balaban J connectivity index is 1.38. The van der Waals surface area contributed by atoms with Crippen molar-refractivity contribution < 1.29 is 9.53 Å². The maximum Gasteiger partial charge on any atom is 0.253 e. The second-order valence-electron chi connectivity index (χ2n) is 9.04. The lowest BCUT2D eigenvalue weighted by Gasteiger charge is -2.47. The first kappa shape index (κ1) is 19.4. The zero-order valence-electron chi connectivity index (χ0n) is 18.5. The highest BCUT2D eigenvalue weighted by Crippen LogP contribution is 2.47. The molecule has 6 nitrogen and oxygen atoms in total. The number of anilines is 1. The predicted molar refractivity (Wildman–Crippen MR) is 124 cm³/mol. The summed E-state index contributed by atoms with van der Waals surface area (Å²) in [7, 11) is 0. The van der Waals surface area contributed by atoms with E-state index in [1.807, 2.05) is 35.4 Å². The number of ether oxygens (including phenoxy) is 1. The zero-order chi connectivity index (χ0) is 21.7. The third-order valence-corrected chi connectivity index (χ3v) is 7.23. The van der Waals surface area contributed by atoms with Gasteiger partial charge < -0.3 is 19.1 Å². The average Bonchev–Trinajstić information content (AvgIpc) is 3.58. The summed E-state index contributed by atoms with van der Waals surface area (Å²) in [5, 5.41) is 0. The molecule has 0 aliphatic carbocycles. The number of pyridine rings is 1. The number of unbranched alkanes of at least 4 members (excludes halogenated alkanes) is 1. The molecule has 1 atom stereocenters. The number of amides is 1. The first-order valence-corrected chi connectivity index (χ1v) is 11.7. The summed E-state index contributed by atoms with van der Waals surface area (Å²) in [5.74, 6) is 2.01. The smallest absolute Gasteiger partial charge is 0.253 e. The van der Waals surface area contributed by atoms with Crippen LogP contribution in [0.2, 0.25) is 0 Å².